The number of nitrogens with zero attached hydrogens (tertiary/aromatic N) is 1. The maximum atomic E-state index is 2.51. The van der Waals surface area contributed by atoms with Crippen LogP contribution in [0.25, 0.3) is 75.8 Å². The summed E-state index contributed by atoms with van der Waals surface area (Å²) in [5.74, 6) is 0. The Labute approximate surface area is 350 Å². The Morgan fingerprint density at radius 1 is 0.373 bits per heavy atom. The van der Waals surface area contributed by atoms with Gasteiger partial charge in [-0.05, 0) is 91.5 Å². The number of thiophene rings is 1. The van der Waals surface area contributed by atoms with E-state index in [9.17, 15) is 0 Å². The standard InChI is InChI=1S/C57H41NS/c1-57(2)50-30-13-11-23-45(50)48-28-15-27-44(55(48)57)40-34-36-41(37-35-40)58(52-32-17-29-49-46-24-12-14-33-53(46)59-56(49)52)51-31-16-26-43(39-20-7-4-8-21-39)54(51)47-25-10-9-22-42(47)38-18-5-3-6-19-38/h3-37H,1-2H3. The minimum absolute atomic E-state index is 0.108. The van der Waals surface area contributed by atoms with Crippen LogP contribution in [0, 0.1) is 0 Å². The molecule has 0 aliphatic heterocycles. The molecule has 1 aliphatic rings. The molecule has 0 spiro atoms. The lowest BCUT2D eigenvalue weighted by molar-refractivity contribution is 0.662. The molecule has 0 N–H and O–H groups in total. The summed E-state index contributed by atoms with van der Waals surface area (Å²) >= 11 is 1.87. The van der Waals surface area contributed by atoms with Crippen molar-refractivity contribution in [2.24, 2.45) is 0 Å². The van der Waals surface area contributed by atoms with E-state index >= 15 is 0 Å². The Kier molecular flexibility index (Phi) is 8.43. The summed E-state index contributed by atoms with van der Waals surface area (Å²) in [6, 6.07) is 78.1. The van der Waals surface area contributed by atoms with E-state index in [2.05, 4.69) is 231 Å². The molecule has 1 nitrogen and oxygen atoms in total. The second-order valence-electron chi connectivity index (χ2n) is 16.0. The fourth-order valence-electron chi connectivity index (χ4n) is 9.63. The summed E-state index contributed by atoms with van der Waals surface area (Å²) in [5, 5.41) is 2.57. The molecule has 280 valence electrons. The van der Waals surface area contributed by atoms with Gasteiger partial charge in [0, 0.05) is 32.1 Å². The highest BCUT2D eigenvalue weighted by atomic mass is 32.1. The van der Waals surface area contributed by atoms with Gasteiger partial charge in [-0.25, -0.2) is 0 Å². The fraction of sp³-hybridized carbons (Fsp3) is 0.0526. The average molecular weight is 772 g/mol. The van der Waals surface area contributed by atoms with E-state index < -0.39 is 0 Å². The minimum Gasteiger partial charge on any atom is -0.308 e. The van der Waals surface area contributed by atoms with Gasteiger partial charge < -0.3 is 4.90 Å². The van der Waals surface area contributed by atoms with Crippen LogP contribution in [-0.2, 0) is 5.41 Å². The summed E-state index contributed by atoms with van der Waals surface area (Å²) in [6.07, 6.45) is 0. The molecule has 0 saturated carbocycles. The zero-order valence-corrected chi connectivity index (χ0v) is 33.9. The third kappa shape index (κ3) is 5.74. The van der Waals surface area contributed by atoms with Crippen molar-refractivity contribution in [2.75, 3.05) is 4.90 Å². The molecule has 0 amide bonds. The summed E-state index contributed by atoms with van der Waals surface area (Å²) in [4.78, 5) is 2.51. The monoisotopic (exact) mass is 771 g/mol. The van der Waals surface area contributed by atoms with Gasteiger partial charge in [-0.1, -0.05) is 196 Å². The molecule has 2 heteroatoms. The van der Waals surface area contributed by atoms with E-state index in [-0.39, 0.29) is 5.41 Å². The van der Waals surface area contributed by atoms with E-state index in [0.29, 0.717) is 0 Å². The van der Waals surface area contributed by atoms with Crippen molar-refractivity contribution < 1.29 is 0 Å². The largest absolute Gasteiger partial charge is 0.308 e. The Morgan fingerprint density at radius 2 is 0.898 bits per heavy atom. The Balaban J connectivity index is 1.17. The Bertz CT molecular complexity index is 3170. The fourth-order valence-corrected chi connectivity index (χ4v) is 10.8. The lowest BCUT2D eigenvalue weighted by Crippen LogP contribution is -2.16. The average Bonchev–Trinajstić information content (AvgIpc) is 3.80. The van der Waals surface area contributed by atoms with Crippen molar-refractivity contribution in [3.05, 3.63) is 223 Å². The first-order valence-electron chi connectivity index (χ1n) is 20.4. The maximum Gasteiger partial charge on any atom is 0.0640 e. The third-order valence-electron chi connectivity index (χ3n) is 12.3. The van der Waals surface area contributed by atoms with Crippen LogP contribution in [0.1, 0.15) is 25.0 Å². The molecule has 1 heterocycles. The predicted molar refractivity (Wildman–Crippen MR) is 253 cm³/mol. The van der Waals surface area contributed by atoms with Crippen LogP contribution in [0.3, 0.4) is 0 Å². The molecule has 0 atom stereocenters. The molecule has 1 aliphatic carbocycles. The van der Waals surface area contributed by atoms with Crippen molar-refractivity contribution >= 4 is 48.6 Å². The van der Waals surface area contributed by atoms with Crippen LogP contribution in [-0.4, -0.2) is 0 Å². The van der Waals surface area contributed by atoms with Gasteiger partial charge in [-0.2, -0.15) is 0 Å². The van der Waals surface area contributed by atoms with Crippen molar-refractivity contribution in [3.63, 3.8) is 0 Å². The molecule has 10 aromatic rings. The second kappa shape index (κ2) is 14.1. The van der Waals surface area contributed by atoms with Gasteiger partial charge in [-0.3, -0.25) is 0 Å². The quantitative estimate of drug-likeness (QED) is 0.156. The van der Waals surface area contributed by atoms with Crippen molar-refractivity contribution in [3.8, 4) is 55.6 Å². The lowest BCUT2D eigenvalue weighted by Gasteiger charge is -2.30. The molecule has 1 aromatic heterocycles. The highest BCUT2D eigenvalue weighted by Gasteiger charge is 2.37. The lowest BCUT2D eigenvalue weighted by atomic mass is 9.79. The highest BCUT2D eigenvalue weighted by molar-refractivity contribution is 7.26. The van der Waals surface area contributed by atoms with Crippen LogP contribution < -0.4 is 4.90 Å². The first-order valence-corrected chi connectivity index (χ1v) is 21.3. The van der Waals surface area contributed by atoms with Crippen molar-refractivity contribution in [2.45, 2.75) is 19.3 Å². The molecule has 9 aromatic carbocycles. The number of hydrogen-bond acceptors (Lipinski definition) is 2. The SMILES string of the molecule is CC1(C)c2ccccc2-c2cccc(-c3ccc(N(c4cccc(-c5ccccc5)c4-c4ccccc4-c4ccccc4)c4cccc5c4sc4ccccc45)cc3)c21. The molecule has 0 saturated heterocycles. The van der Waals surface area contributed by atoms with E-state index in [0.717, 1.165) is 17.1 Å². The van der Waals surface area contributed by atoms with E-state index in [4.69, 9.17) is 0 Å². The predicted octanol–water partition coefficient (Wildman–Crippen LogP) is 16.5. The van der Waals surface area contributed by atoms with Gasteiger partial charge in [-0.15, -0.1) is 11.3 Å². The van der Waals surface area contributed by atoms with Gasteiger partial charge in [0.05, 0.1) is 16.1 Å². The molecular formula is C57H41NS. The Hall–Kier alpha value is -7.00. The van der Waals surface area contributed by atoms with Crippen LogP contribution in [0.2, 0.25) is 0 Å². The van der Waals surface area contributed by atoms with Gasteiger partial charge in [0.15, 0.2) is 0 Å². The normalized spacial score (nSPS) is 12.7. The van der Waals surface area contributed by atoms with Crippen molar-refractivity contribution in [1.29, 1.82) is 0 Å². The maximum absolute atomic E-state index is 2.51. The molecule has 0 unspecified atom stereocenters. The molecule has 11 rings (SSSR count). The van der Waals surface area contributed by atoms with Crippen LogP contribution >= 0.6 is 11.3 Å². The van der Waals surface area contributed by atoms with E-state index in [1.807, 2.05) is 11.3 Å². The van der Waals surface area contributed by atoms with Gasteiger partial charge in [0.1, 0.15) is 0 Å². The molecule has 0 bridgehead atoms. The summed E-state index contributed by atoms with van der Waals surface area (Å²) in [7, 11) is 0. The van der Waals surface area contributed by atoms with E-state index in [1.54, 1.807) is 0 Å². The third-order valence-corrected chi connectivity index (χ3v) is 13.5. The van der Waals surface area contributed by atoms with Crippen LogP contribution in [0.5, 0.6) is 0 Å². The molecule has 59 heavy (non-hydrogen) atoms. The highest BCUT2D eigenvalue weighted by Crippen LogP contribution is 2.54. The summed E-state index contributed by atoms with van der Waals surface area (Å²) in [6.45, 7) is 4.74. The first-order chi connectivity index (χ1) is 29.1. The molecular weight excluding hydrogens is 731 g/mol. The number of benzene rings is 9. The van der Waals surface area contributed by atoms with Gasteiger partial charge in [0.2, 0.25) is 0 Å². The summed E-state index contributed by atoms with van der Waals surface area (Å²) < 4.78 is 2.56. The number of fused-ring (bicyclic) bond motifs is 6. The first kappa shape index (κ1) is 35.2. The van der Waals surface area contributed by atoms with Gasteiger partial charge in [0.25, 0.3) is 0 Å². The zero-order valence-electron chi connectivity index (χ0n) is 33.1. The number of anilines is 3. The molecule has 0 radical (unpaired) electrons. The van der Waals surface area contributed by atoms with Crippen LogP contribution in [0.15, 0.2) is 212 Å². The second-order valence-corrected chi connectivity index (χ2v) is 17.1. The molecule has 0 fully saturated rings. The topological polar surface area (TPSA) is 3.24 Å². The zero-order chi connectivity index (χ0) is 39.5. The number of hydrogen-bond donors (Lipinski definition) is 0. The smallest absolute Gasteiger partial charge is 0.0640 e. The summed E-state index contributed by atoms with van der Waals surface area (Å²) in [5.41, 5.74) is 18.4. The Morgan fingerprint density at radius 3 is 1.68 bits per heavy atom. The van der Waals surface area contributed by atoms with Gasteiger partial charge >= 0.3 is 0 Å². The number of rotatable bonds is 7. The minimum atomic E-state index is -0.108. The van der Waals surface area contributed by atoms with Crippen molar-refractivity contribution in [1.82, 2.24) is 0 Å². The van der Waals surface area contributed by atoms with Crippen LogP contribution in [0.4, 0.5) is 17.1 Å². The van der Waals surface area contributed by atoms with E-state index in [1.165, 1.54) is 86.9 Å².